The van der Waals surface area contributed by atoms with Crippen LogP contribution in [-0.4, -0.2) is 18.6 Å². The molecule has 1 rings (SSSR count). The lowest BCUT2D eigenvalue weighted by atomic mass is 9.81. The summed E-state index contributed by atoms with van der Waals surface area (Å²) in [5.74, 6) is 0.710. The first-order valence-electron chi connectivity index (χ1n) is 6.35. The van der Waals surface area contributed by atoms with E-state index in [0.29, 0.717) is 11.3 Å². The Bertz CT molecular complexity index is 186. The smallest absolute Gasteiger partial charge is 0.0280 e. The van der Waals surface area contributed by atoms with E-state index in [9.17, 15) is 0 Å². The van der Waals surface area contributed by atoms with E-state index in [4.69, 9.17) is 5.73 Å². The summed E-state index contributed by atoms with van der Waals surface area (Å²) in [6.45, 7) is 11.3. The summed E-state index contributed by atoms with van der Waals surface area (Å²) in [7, 11) is 0. The minimum absolute atomic E-state index is 0.0903. The zero-order chi connectivity index (χ0) is 11.5. The summed E-state index contributed by atoms with van der Waals surface area (Å²) in [6.07, 6.45) is 5.02. The van der Waals surface area contributed by atoms with Gasteiger partial charge in [0.05, 0.1) is 0 Å². The fourth-order valence-corrected chi connectivity index (χ4v) is 2.09. The first-order chi connectivity index (χ1) is 6.86. The van der Waals surface area contributed by atoms with Crippen LogP contribution in [0.4, 0.5) is 0 Å². The number of rotatable bonds is 5. The molecule has 0 amide bonds. The molecule has 1 fully saturated rings. The third-order valence-corrected chi connectivity index (χ3v) is 4.22. The predicted molar refractivity (Wildman–Crippen MR) is 66.9 cm³/mol. The monoisotopic (exact) mass is 212 g/mol. The van der Waals surface area contributed by atoms with Crippen molar-refractivity contribution in [3.8, 4) is 0 Å². The third-order valence-electron chi connectivity index (χ3n) is 4.22. The lowest BCUT2D eigenvalue weighted by Crippen LogP contribution is -2.48. The second-order valence-electron chi connectivity index (χ2n) is 6.32. The van der Waals surface area contributed by atoms with Gasteiger partial charge < -0.3 is 11.1 Å². The summed E-state index contributed by atoms with van der Waals surface area (Å²) >= 11 is 0. The Morgan fingerprint density at radius 1 is 1.27 bits per heavy atom. The van der Waals surface area contributed by atoms with Crippen molar-refractivity contribution in [1.82, 2.24) is 5.32 Å². The molecule has 0 saturated heterocycles. The fourth-order valence-electron chi connectivity index (χ4n) is 2.09. The van der Waals surface area contributed by atoms with Crippen molar-refractivity contribution in [3.05, 3.63) is 0 Å². The highest BCUT2D eigenvalue weighted by Crippen LogP contribution is 2.28. The summed E-state index contributed by atoms with van der Waals surface area (Å²) in [5, 5.41) is 3.56. The topological polar surface area (TPSA) is 38.0 Å². The van der Waals surface area contributed by atoms with E-state index < -0.39 is 0 Å². The first-order valence-corrected chi connectivity index (χ1v) is 6.35. The second-order valence-corrected chi connectivity index (χ2v) is 6.32. The normalized spacial score (nSPS) is 21.2. The number of nitrogens with two attached hydrogens (primary N) is 1. The van der Waals surface area contributed by atoms with Crippen molar-refractivity contribution in [3.63, 3.8) is 0 Å². The van der Waals surface area contributed by atoms with Gasteiger partial charge in [-0.2, -0.15) is 0 Å². The van der Waals surface area contributed by atoms with E-state index in [0.717, 1.165) is 13.1 Å². The average Bonchev–Trinajstić information content (AvgIpc) is 2.51. The van der Waals surface area contributed by atoms with Gasteiger partial charge in [0.15, 0.2) is 0 Å². The second kappa shape index (κ2) is 4.84. The molecule has 0 aliphatic heterocycles. The molecular formula is C13H28N2. The highest BCUT2D eigenvalue weighted by atomic mass is 14.9. The SMILES string of the molecule is CC(C)C(C)(C)CNCC1(N)CCCC1. The molecule has 15 heavy (non-hydrogen) atoms. The summed E-state index contributed by atoms with van der Waals surface area (Å²) < 4.78 is 0. The molecule has 2 heteroatoms. The maximum atomic E-state index is 6.30. The Kier molecular flexibility index (Phi) is 4.19. The molecule has 90 valence electrons. The van der Waals surface area contributed by atoms with Gasteiger partial charge in [-0.05, 0) is 24.2 Å². The van der Waals surface area contributed by atoms with Gasteiger partial charge >= 0.3 is 0 Å². The van der Waals surface area contributed by atoms with Crippen LogP contribution in [0.5, 0.6) is 0 Å². The molecule has 3 N–H and O–H groups in total. The lowest BCUT2D eigenvalue weighted by Gasteiger charge is -2.32. The highest BCUT2D eigenvalue weighted by molar-refractivity contribution is 4.91. The van der Waals surface area contributed by atoms with E-state index in [1.54, 1.807) is 0 Å². The van der Waals surface area contributed by atoms with Crippen molar-refractivity contribution < 1.29 is 0 Å². The molecule has 1 aliphatic carbocycles. The third kappa shape index (κ3) is 3.76. The van der Waals surface area contributed by atoms with Crippen LogP contribution < -0.4 is 11.1 Å². The Morgan fingerprint density at radius 2 is 1.80 bits per heavy atom. The average molecular weight is 212 g/mol. The van der Waals surface area contributed by atoms with E-state index in [2.05, 4.69) is 33.0 Å². The molecule has 0 unspecified atom stereocenters. The van der Waals surface area contributed by atoms with Crippen LogP contribution in [0.15, 0.2) is 0 Å². The van der Waals surface area contributed by atoms with Crippen LogP contribution in [-0.2, 0) is 0 Å². The first kappa shape index (κ1) is 13.0. The van der Waals surface area contributed by atoms with Crippen molar-refractivity contribution in [1.29, 1.82) is 0 Å². The number of hydrogen-bond donors (Lipinski definition) is 2. The Morgan fingerprint density at radius 3 is 2.27 bits per heavy atom. The molecule has 0 radical (unpaired) electrons. The van der Waals surface area contributed by atoms with E-state index in [1.165, 1.54) is 25.7 Å². The summed E-state index contributed by atoms with van der Waals surface area (Å²) in [5.41, 5.74) is 6.76. The molecule has 0 bridgehead atoms. The van der Waals surface area contributed by atoms with Gasteiger partial charge in [0, 0.05) is 18.6 Å². The van der Waals surface area contributed by atoms with Crippen LogP contribution in [0.25, 0.3) is 0 Å². The zero-order valence-corrected chi connectivity index (χ0v) is 10.9. The van der Waals surface area contributed by atoms with Gasteiger partial charge in [-0.3, -0.25) is 0 Å². The van der Waals surface area contributed by atoms with Gasteiger partial charge in [-0.25, -0.2) is 0 Å². The number of nitrogens with one attached hydrogen (secondary N) is 1. The molecule has 2 nitrogen and oxygen atoms in total. The highest BCUT2D eigenvalue weighted by Gasteiger charge is 2.30. The van der Waals surface area contributed by atoms with Crippen LogP contribution in [0.3, 0.4) is 0 Å². The zero-order valence-electron chi connectivity index (χ0n) is 10.9. The van der Waals surface area contributed by atoms with Crippen molar-refractivity contribution >= 4 is 0 Å². The minimum atomic E-state index is 0.0903. The van der Waals surface area contributed by atoms with Crippen LogP contribution in [0, 0.1) is 11.3 Å². The van der Waals surface area contributed by atoms with E-state index >= 15 is 0 Å². The predicted octanol–water partition coefficient (Wildman–Crippen LogP) is 2.53. The Labute approximate surface area is 95.0 Å². The van der Waals surface area contributed by atoms with Gasteiger partial charge in [-0.15, -0.1) is 0 Å². The van der Waals surface area contributed by atoms with Gasteiger partial charge in [0.1, 0.15) is 0 Å². The molecular weight excluding hydrogens is 184 g/mol. The largest absolute Gasteiger partial charge is 0.324 e. The molecule has 1 aliphatic rings. The van der Waals surface area contributed by atoms with E-state index in [-0.39, 0.29) is 5.54 Å². The van der Waals surface area contributed by atoms with Crippen LogP contribution >= 0.6 is 0 Å². The van der Waals surface area contributed by atoms with Crippen LogP contribution in [0.2, 0.25) is 0 Å². The number of hydrogen-bond acceptors (Lipinski definition) is 2. The van der Waals surface area contributed by atoms with Crippen molar-refractivity contribution in [2.24, 2.45) is 17.1 Å². The molecule has 0 aromatic rings. The van der Waals surface area contributed by atoms with Crippen molar-refractivity contribution in [2.75, 3.05) is 13.1 Å². The minimum Gasteiger partial charge on any atom is -0.324 e. The van der Waals surface area contributed by atoms with Gasteiger partial charge in [0.2, 0.25) is 0 Å². The maximum absolute atomic E-state index is 6.30. The van der Waals surface area contributed by atoms with Gasteiger partial charge in [0.25, 0.3) is 0 Å². The molecule has 0 spiro atoms. The fraction of sp³-hybridized carbons (Fsp3) is 1.00. The molecule has 0 aromatic heterocycles. The Balaban J connectivity index is 2.26. The Hall–Kier alpha value is -0.0800. The summed E-state index contributed by atoms with van der Waals surface area (Å²) in [6, 6.07) is 0. The lowest BCUT2D eigenvalue weighted by molar-refractivity contribution is 0.229. The quantitative estimate of drug-likeness (QED) is 0.735. The molecule has 0 aromatic carbocycles. The standard InChI is InChI=1S/C13H28N2/c1-11(2)12(3,4)9-15-10-13(14)7-5-6-8-13/h11,15H,5-10,14H2,1-4H3. The van der Waals surface area contributed by atoms with Crippen molar-refractivity contribution in [2.45, 2.75) is 58.9 Å². The molecule has 0 heterocycles. The summed E-state index contributed by atoms with van der Waals surface area (Å²) in [4.78, 5) is 0. The molecule has 0 atom stereocenters. The van der Waals surface area contributed by atoms with Crippen LogP contribution in [0.1, 0.15) is 53.4 Å². The van der Waals surface area contributed by atoms with Gasteiger partial charge in [-0.1, -0.05) is 40.5 Å². The molecule has 1 saturated carbocycles. The van der Waals surface area contributed by atoms with E-state index in [1.807, 2.05) is 0 Å². The maximum Gasteiger partial charge on any atom is 0.0280 e.